The van der Waals surface area contributed by atoms with Gasteiger partial charge in [0.05, 0.1) is 0 Å². The van der Waals surface area contributed by atoms with Gasteiger partial charge in [0.2, 0.25) is 0 Å². The molecule has 16 heavy (non-hydrogen) atoms. The van der Waals surface area contributed by atoms with Crippen LogP contribution in [0.2, 0.25) is 0 Å². The van der Waals surface area contributed by atoms with Gasteiger partial charge in [-0.15, -0.1) is 11.8 Å². The lowest BCUT2D eigenvalue weighted by Gasteiger charge is -2.02. The monoisotopic (exact) mass is 248 g/mol. The lowest BCUT2D eigenvalue weighted by atomic mass is 10.3. The molecule has 2 rings (SSSR count). The SMILES string of the molecule is CSc1ccc(Sc2ccc(O)cc2)cc1. The predicted octanol–water partition coefficient (Wildman–Crippen LogP) is 4.27. The number of phenolic OH excluding ortho intramolecular Hbond substituents is 1. The van der Waals surface area contributed by atoms with Crippen LogP contribution in [0.25, 0.3) is 0 Å². The zero-order valence-electron chi connectivity index (χ0n) is 8.88. The van der Waals surface area contributed by atoms with Crippen LogP contribution in [0.3, 0.4) is 0 Å². The molecule has 0 saturated carbocycles. The molecule has 0 aliphatic carbocycles. The molecule has 1 N–H and O–H groups in total. The number of thioether (sulfide) groups is 1. The summed E-state index contributed by atoms with van der Waals surface area (Å²) >= 11 is 3.44. The second-order valence-corrected chi connectivity index (χ2v) is 5.30. The molecule has 0 aliphatic heterocycles. The van der Waals surface area contributed by atoms with Crippen molar-refractivity contribution in [3.8, 4) is 5.75 Å². The Balaban J connectivity index is 2.11. The summed E-state index contributed by atoms with van der Waals surface area (Å²) in [5.74, 6) is 0.307. The van der Waals surface area contributed by atoms with E-state index in [1.807, 2.05) is 12.1 Å². The summed E-state index contributed by atoms with van der Waals surface area (Å²) in [4.78, 5) is 3.62. The van der Waals surface area contributed by atoms with Gasteiger partial charge in [-0.1, -0.05) is 11.8 Å². The van der Waals surface area contributed by atoms with Crippen LogP contribution in [0.1, 0.15) is 0 Å². The van der Waals surface area contributed by atoms with Crippen molar-refractivity contribution >= 4 is 23.5 Å². The van der Waals surface area contributed by atoms with Crippen molar-refractivity contribution in [2.24, 2.45) is 0 Å². The van der Waals surface area contributed by atoms with Crippen molar-refractivity contribution in [3.05, 3.63) is 48.5 Å². The largest absolute Gasteiger partial charge is 0.508 e. The van der Waals surface area contributed by atoms with Gasteiger partial charge in [0.25, 0.3) is 0 Å². The van der Waals surface area contributed by atoms with Crippen molar-refractivity contribution < 1.29 is 5.11 Å². The minimum absolute atomic E-state index is 0.307. The first-order chi connectivity index (χ1) is 7.78. The fourth-order valence-corrected chi connectivity index (χ4v) is 2.52. The molecule has 0 radical (unpaired) electrons. The Kier molecular flexibility index (Phi) is 3.80. The molecule has 3 heteroatoms. The summed E-state index contributed by atoms with van der Waals surface area (Å²) in [6.45, 7) is 0. The Morgan fingerprint density at radius 1 is 0.750 bits per heavy atom. The van der Waals surface area contributed by atoms with Crippen LogP contribution >= 0.6 is 23.5 Å². The predicted molar refractivity (Wildman–Crippen MR) is 70.5 cm³/mol. The van der Waals surface area contributed by atoms with Crippen LogP contribution < -0.4 is 0 Å². The summed E-state index contributed by atoms with van der Waals surface area (Å²) in [5.41, 5.74) is 0. The van der Waals surface area contributed by atoms with E-state index in [1.165, 1.54) is 9.79 Å². The molecule has 82 valence electrons. The summed E-state index contributed by atoms with van der Waals surface area (Å²) in [5, 5.41) is 9.18. The van der Waals surface area contributed by atoms with E-state index in [2.05, 4.69) is 30.5 Å². The van der Waals surface area contributed by atoms with E-state index < -0.39 is 0 Å². The summed E-state index contributed by atoms with van der Waals surface area (Å²) in [7, 11) is 0. The normalized spacial score (nSPS) is 10.3. The van der Waals surface area contributed by atoms with Crippen LogP contribution in [0.15, 0.2) is 63.2 Å². The average molecular weight is 248 g/mol. The molecule has 0 aliphatic rings. The van der Waals surface area contributed by atoms with Crippen molar-refractivity contribution in [3.63, 3.8) is 0 Å². The molecule has 0 saturated heterocycles. The fraction of sp³-hybridized carbons (Fsp3) is 0.0769. The second kappa shape index (κ2) is 5.32. The molecule has 0 unspecified atom stereocenters. The summed E-state index contributed by atoms with van der Waals surface area (Å²) < 4.78 is 0. The Hall–Kier alpha value is -1.06. The van der Waals surface area contributed by atoms with Crippen molar-refractivity contribution in [2.75, 3.05) is 6.26 Å². The first-order valence-electron chi connectivity index (χ1n) is 4.89. The van der Waals surface area contributed by atoms with Gasteiger partial charge in [0.15, 0.2) is 0 Å². The number of benzene rings is 2. The molecule has 2 aromatic rings. The third-order valence-electron chi connectivity index (χ3n) is 2.13. The van der Waals surface area contributed by atoms with Crippen LogP contribution in [0.4, 0.5) is 0 Å². The zero-order valence-corrected chi connectivity index (χ0v) is 10.5. The number of phenols is 1. The minimum Gasteiger partial charge on any atom is -0.508 e. The fourth-order valence-electron chi connectivity index (χ4n) is 1.29. The van der Waals surface area contributed by atoms with E-state index in [0.29, 0.717) is 5.75 Å². The number of hydrogen-bond acceptors (Lipinski definition) is 3. The Labute approximate surface area is 104 Å². The third kappa shape index (κ3) is 2.97. The van der Waals surface area contributed by atoms with Gasteiger partial charge in [-0.25, -0.2) is 0 Å². The average Bonchev–Trinajstić information content (AvgIpc) is 2.33. The van der Waals surface area contributed by atoms with E-state index >= 15 is 0 Å². The van der Waals surface area contributed by atoms with E-state index in [-0.39, 0.29) is 0 Å². The first-order valence-corrected chi connectivity index (χ1v) is 6.93. The topological polar surface area (TPSA) is 20.2 Å². The van der Waals surface area contributed by atoms with Gasteiger partial charge < -0.3 is 5.11 Å². The number of hydrogen-bond donors (Lipinski definition) is 1. The Bertz CT molecular complexity index is 448. The zero-order chi connectivity index (χ0) is 11.4. The van der Waals surface area contributed by atoms with Gasteiger partial charge in [0.1, 0.15) is 5.75 Å². The van der Waals surface area contributed by atoms with Gasteiger partial charge in [0, 0.05) is 14.7 Å². The van der Waals surface area contributed by atoms with Gasteiger partial charge in [-0.05, 0) is 54.8 Å². The van der Waals surface area contributed by atoms with E-state index in [4.69, 9.17) is 0 Å². The van der Waals surface area contributed by atoms with Crippen molar-refractivity contribution in [1.29, 1.82) is 0 Å². The van der Waals surface area contributed by atoms with Crippen molar-refractivity contribution in [1.82, 2.24) is 0 Å². The van der Waals surface area contributed by atoms with Gasteiger partial charge in [-0.2, -0.15) is 0 Å². The van der Waals surface area contributed by atoms with Gasteiger partial charge >= 0.3 is 0 Å². The molecule has 0 fully saturated rings. The summed E-state index contributed by atoms with van der Waals surface area (Å²) in [6.07, 6.45) is 2.07. The molecule has 0 aromatic heterocycles. The molecule has 2 aromatic carbocycles. The van der Waals surface area contributed by atoms with E-state index in [1.54, 1.807) is 35.7 Å². The third-order valence-corrected chi connectivity index (χ3v) is 3.89. The van der Waals surface area contributed by atoms with Crippen LogP contribution in [-0.2, 0) is 0 Å². The maximum absolute atomic E-state index is 9.18. The van der Waals surface area contributed by atoms with E-state index in [9.17, 15) is 5.11 Å². The molecule has 0 atom stereocenters. The maximum atomic E-state index is 9.18. The molecular formula is C13H12OS2. The molecule has 0 amide bonds. The van der Waals surface area contributed by atoms with Gasteiger partial charge in [-0.3, -0.25) is 0 Å². The molecule has 0 bridgehead atoms. The maximum Gasteiger partial charge on any atom is 0.115 e. The Morgan fingerprint density at radius 2 is 1.19 bits per heavy atom. The molecule has 1 nitrogen and oxygen atoms in total. The molecule has 0 heterocycles. The highest BCUT2D eigenvalue weighted by molar-refractivity contribution is 7.99. The van der Waals surface area contributed by atoms with Crippen LogP contribution in [0.5, 0.6) is 5.75 Å². The lowest BCUT2D eigenvalue weighted by molar-refractivity contribution is 0.475. The number of aromatic hydroxyl groups is 1. The standard InChI is InChI=1S/C13H12OS2/c1-15-11-6-8-13(9-7-11)16-12-4-2-10(14)3-5-12/h2-9,14H,1H3. The molecule has 0 spiro atoms. The Morgan fingerprint density at radius 3 is 1.69 bits per heavy atom. The summed E-state index contributed by atoms with van der Waals surface area (Å²) in [6, 6.07) is 15.7. The highest BCUT2D eigenvalue weighted by Gasteiger charge is 1.97. The van der Waals surface area contributed by atoms with Crippen LogP contribution in [0, 0.1) is 0 Å². The lowest BCUT2D eigenvalue weighted by Crippen LogP contribution is -1.74. The highest BCUT2D eigenvalue weighted by atomic mass is 32.2. The smallest absolute Gasteiger partial charge is 0.115 e. The first kappa shape index (κ1) is 11.4. The second-order valence-electron chi connectivity index (χ2n) is 3.27. The quantitative estimate of drug-likeness (QED) is 0.819. The number of rotatable bonds is 3. The highest BCUT2D eigenvalue weighted by Crippen LogP contribution is 2.29. The van der Waals surface area contributed by atoms with E-state index in [0.717, 1.165) is 4.90 Å². The minimum atomic E-state index is 0.307. The van der Waals surface area contributed by atoms with Crippen molar-refractivity contribution in [2.45, 2.75) is 14.7 Å². The molecular weight excluding hydrogens is 236 g/mol. The van der Waals surface area contributed by atoms with Crippen LogP contribution in [-0.4, -0.2) is 11.4 Å².